The maximum atomic E-state index is 10.1. The summed E-state index contributed by atoms with van der Waals surface area (Å²) < 4.78 is 5.17. The van der Waals surface area contributed by atoms with E-state index in [0.29, 0.717) is 6.61 Å². The molecule has 0 radical (unpaired) electrons. The van der Waals surface area contributed by atoms with E-state index < -0.39 is 0 Å². The van der Waals surface area contributed by atoms with Crippen molar-refractivity contribution in [1.82, 2.24) is 0 Å². The van der Waals surface area contributed by atoms with Gasteiger partial charge >= 0.3 is 0 Å². The molecule has 1 aliphatic rings. The Morgan fingerprint density at radius 3 is 2.76 bits per heavy atom. The summed E-state index contributed by atoms with van der Waals surface area (Å²) in [5.74, 6) is 0.217. The summed E-state index contributed by atoms with van der Waals surface area (Å²) in [6.45, 7) is 7.15. The van der Waals surface area contributed by atoms with Gasteiger partial charge in [0, 0.05) is 13.0 Å². The minimum atomic E-state index is -0.240. The first-order valence-corrected chi connectivity index (χ1v) is 6.26. The second kappa shape index (κ2) is 4.43. The number of aliphatic hydroxyl groups excluding tert-OH is 1. The van der Waals surface area contributed by atoms with Gasteiger partial charge in [0.2, 0.25) is 0 Å². The summed E-state index contributed by atoms with van der Waals surface area (Å²) >= 11 is 0. The molecule has 2 atom stereocenters. The molecule has 17 heavy (non-hydrogen) atoms. The van der Waals surface area contributed by atoms with Crippen LogP contribution in [0, 0.1) is 0 Å². The van der Waals surface area contributed by atoms with Gasteiger partial charge in [-0.1, -0.05) is 39.0 Å². The topological polar surface area (TPSA) is 29.5 Å². The van der Waals surface area contributed by atoms with Crippen LogP contribution in [0.25, 0.3) is 0 Å². The lowest BCUT2D eigenvalue weighted by molar-refractivity contribution is 0.103. The third kappa shape index (κ3) is 2.24. The number of aliphatic hydroxyl groups is 1. The van der Waals surface area contributed by atoms with E-state index in [1.165, 1.54) is 16.7 Å². The molecule has 0 saturated heterocycles. The van der Waals surface area contributed by atoms with Gasteiger partial charge in [0.1, 0.15) is 0 Å². The van der Waals surface area contributed by atoms with E-state index in [2.05, 4.69) is 39.0 Å². The predicted octanol–water partition coefficient (Wildman–Crippen LogP) is 2.98. The molecule has 0 fully saturated rings. The predicted molar refractivity (Wildman–Crippen MR) is 69.2 cm³/mol. The Balaban J connectivity index is 2.47. The Kier molecular flexibility index (Phi) is 3.28. The summed E-state index contributed by atoms with van der Waals surface area (Å²) in [6, 6.07) is 6.52. The fourth-order valence-corrected chi connectivity index (χ4v) is 2.88. The van der Waals surface area contributed by atoms with Crippen molar-refractivity contribution in [3.05, 3.63) is 34.9 Å². The van der Waals surface area contributed by atoms with Crippen LogP contribution in [0.5, 0.6) is 0 Å². The Bertz CT molecular complexity index is 409. The molecule has 1 aliphatic carbocycles. The lowest BCUT2D eigenvalue weighted by Crippen LogP contribution is -2.35. The highest BCUT2D eigenvalue weighted by molar-refractivity contribution is 5.42. The molecule has 1 aromatic carbocycles. The summed E-state index contributed by atoms with van der Waals surface area (Å²) in [7, 11) is 1.71. The fourth-order valence-electron chi connectivity index (χ4n) is 2.88. The van der Waals surface area contributed by atoms with Crippen molar-refractivity contribution in [2.24, 2.45) is 0 Å². The second-order valence-electron chi connectivity index (χ2n) is 5.80. The van der Waals surface area contributed by atoms with E-state index in [4.69, 9.17) is 4.74 Å². The molecule has 1 N–H and O–H groups in total. The fraction of sp³-hybridized carbons (Fsp3) is 0.600. The van der Waals surface area contributed by atoms with Gasteiger partial charge in [0.15, 0.2) is 0 Å². The standard InChI is InChI=1S/C15H22O2/c1-10-12-7-11(9-17-4)5-6-13(12)15(2,3)8-14(10)16/h5-7,10,14,16H,8-9H2,1-4H3. The van der Waals surface area contributed by atoms with E-state index in [0.717, 1.165) is 6.42 Å². The van der Waals surface area contributed by atoms with Crippen LogP contribution < -0.4 is 0 Å². The quantitative estimate of drug-likeness (QED) is 0.852. The van der Waals surface area contributed by atoms with Gasteiger partial charge in [-0.25, -0.2) is 0 Å². The zero-order chi connectivity index (χ0) is 12.6. The number of rotatable bonds is 2. The highest BCUT2D eigenvalue weighted by Gasteiger charge is 2.36. The van der Waals surface area contributed by atoms with E-state index in [1.807, 2.05) is 0 Å². The van der Waals surface area contributed by atoms with Crippen molar-refractivity contribution in [2.75, 3.05) is 7.11 Å². The molecule has 0 aromatic heterocycles. The van der Waals surface area contributed by atoms with Crippen molar-refractivity contribution < 1.29 is 9.84 Å². The third-order valence-electron chi connectivity index (χ3n) is 3.94. The zero-order valence-electron chi connectivity index (χ0n) is 11.2. The minimum absolute atomic E-state index is 0.0624. The smallest absolute Gasteiger partial charge is 0.0713 e. The van der Waals surface area contributed by atoms with Crippen LogP contribution in [-0.4, -0.2) is 18.3 Å². The van der Waals surface area contributed by atoms with Gasteiger partial charge in [0.25, 0.3) is 0 Å². The van der Waals surface area contributed by atoms with Crippen molar-refractivity contribution in [1.29, 1.82) is 0 Å². The Hall–Kier alpha value is -0.860. The lowest BCUT2D eigenvalue weighted by Gasteiger charge is -2.39. The van der Waals surface area contributed by atoms with Gasteiger partial charge < -0.3 is 9.84 Å². The molecule has 0 amide bonds. The van der Waals surface area contributed by atoms with Gasteiger partial charge in [0.05, 0.1) is 12.7 Å². The second-order valence-corrected chi connectivity index (χ2v) is 5.80. The molecule has 94 valence electrons. The summed E-state index contributed by atoms with van der Waals surface area (Å²) in [4.78, 5) is 0. The van der Waals surface area contributed by atoms with Gasteiger partial charge in [-0.2, -0.15) is 0 Å². The van der Waals surface area contributed by atoms with Crippen LogP contribution >= 0.6 is 0 Å². The molecule has 2 nitrogen and oxygen atoms in total. The molecule has 0 saturated carbocycles. The van der Waals surface area contributed by atoms with Crippen LogP contribution in [0.1, 0.15) is 49.8 Å². The molecular formula is C15H22O2. The maximum Gasteiger partial charge on any atom is 0.0713 e. The first-order chi connectivity index (χ1) is 7.95. The molecule has 2 heteroatoms. The Labute approximate surface area is 104 Å². The zero-order valence-corrected chi connectivity index (χ0v) is 11.2. The molecule has 1 aromatic rings. The normalized spacial score (nSPS) is 26.6. The van der Waals surface area contributed by atoms with Gasteiger partial charge in [-0.3, -0.25) is 0 Å². The number of benzene rings is 1. The number of methoxy groups -OCH3 is 1. The molecule has 2 rings (SSSR count). The number of hydrogen-bond donors (Lipinski definition) is 1. The van der Waals surface area contributed by atoms with Crippen molar-refractivity contribution in [3.63, 3.8) is 0 Å². The SMILES string of the molecule is COCc1ccc2c(c1)C(C)C(O)CC2(C)C. The Morgan fingerprint density at radius 1 is 1.41 bits per heavy atom. The third-order valence-corrected chi connectivity index (χ3v) is 3.94. The lowest BCUT2D eigenvalue weighted by atomic mass is 9.67. The molecule has 0 bridgehead atoms. The first-order valence-electron chi connectivity index (χ1n) is 6.26. The Morgan fingerprint density at radius 2 is 2.12 bits per heavy atom. The van der Waals surface area contributed by atoms with Crippen molar-refractivity contribution >= 4 is 0 Å². The summed E-state index contributed by atoms with van der Waals surface area (Å²) in [6.07, 6.45) is 0.598. The van der Waals surface area contributed by atoms with Gasteiger partial charge in [-0.15, -0.1) is 0 Å². The van der Waals surface area contributed by atoms with E-state index in [9.17, 15) is 5.11 Å². The molecule has 0 spiro atoms. The van der Waals surface area contributed by atoms with E-state index in [1.54, 1.807) is 7.11 Å². The van der Waals surface area contributed by atoms with Crippen LogP contribution in [0.2, 0.25) is 0 Å². The molecule has 0 aliphatic heterocycles. The molecule has 2 unspecified atom stereocenters. The molecular weight excluding hydrogens is 212 g/mol. The number of fused-ring (bicyclic) bond motifs is 1. The molecule has 0 heterocycles. The summed E-state index contributed by atoms with van der Waals surface area (Å²) in [5, 5.41) is 10.1. The average Bonchev–Trinajstić information content (AvgIpc) is 2.26. The number of hydrogen-bond acceptors (Lipinski definition) is 2. The minimum Gasteiger partial charge on any atom is -0.392 e. The maximum absolute atomic E-state index is 10.1. The van der Waals surface area contributed by atoms with Crippen LogP contribution in [0.15, 0.2) is 18.2 Å². The number of ether oxygens (including phenoxy) is 1. The monoisotopic (exact) mass is 234 g/mol. The van der Waals surface area contributed by atoms with Crippen LogP contribution in [0.4, 0.5) is 0 Å². The van der Waals surface area contributed by atoms with Crippen LogP contribution in [-0.2, 0) is 16.8 Å². The van der Waals surface area contributed by atoms with Crippen molar-refractivity contribution in [3.8, 4) is 0 Å². The van der Waals surface area contributed by atoms with Crippen LogP contribution in [0.3, 0.4) is 0 Å². The largest absolute Gasteiger partial charge is 0.392 e. The van der Waals surface area contributed by atoms with Crippen molar-refractivity contribution in [2.45, 2.75) is 51.2 Å². The average molecular weight is 234 g/mol. The highest BCUT2D eigenvalue weighted by Crippen LogP contribution is 2.42. The highest BCUT2D eigenvalue weighted by atomic mass is 16.5. The van der Waals surface area contributed by atoms with E-state index >= 15 is 0 Å². The first kappa shape index (κ1) is 12.6. The van der Waals surface area contributed by atoms with E-state index in [-0.39, 0.29) is 17.4 Å². The van der Waals surface area contributed by atoms with Gasteiger partial charge in [-0.05, 0) is 28.5 Å². The summed E-state index contributed by atoms with van der Waals surface area (Å²) in [5.41, 5.74) is 3.90.